The minimum absolute atomic E-state index is 0.0537. The summed E-state index contributed by atoms with van der Waals surface area (Å²) in [6.07, 6.45) is 9.23. The van der Waals surface area contributed by atoms with Crippen molar-refractivity contribution < 1.29 is 9.59 Å². The van der Waals surface area contributed by atoms with Crippen LogP contribution in [0.1, 0.15) is 61.0 Å². The molecule has 0 atom stereocenters. The van der Waals surface area contributed by atoms with Crippen molar-refractivity contribution in [3.8, 4) is 0 Å². The van der Waals surface area contributed by atoms with Crippen LogP contribution >= 0.6 is 0 Å². The minimum Gasteiger partial charge on any atom is -0.336 e. The molecule has 9 nitrogen and oxygen atoms in total. The first-order valence-corrected chi connectivity index (χ1v) is 11.1. The van der Waals surface area contributed by atoms with Crippen LogP contribution in [-0.2, 0) is 10.5 Å². The van der Waals surface area contributed by atoms with E-state index in [-0.39, 0.29) is 23.3 Å². The van der Waals surface area contributed by atoms with Gasteiger partial charge in [0.1, 0.15) is 35.0 Å². The minimum atomic E-state index is -0.647. The molecule has 5 rings (SSSR count). The standard InChI is InChI=1S/C23H26N6O3/c1-3-14-11-16(26-17-12-18(25-13-24-17)27-20(30)15-7-8-15)21(31)29-19(14)22(32)28(2)23(29)9-5-4-6-10-23/h3,11-13,15H,1,4-10H2,2H3,(H2,24,25,26,27,30). The maximum Gasteiger partial charge on any atom is 0.276 e. The van der Waals surface area contributed by atoms with E-state index in [0.717, 1.165) is 44.9 Å². The van der Waals surface area contributed by atoms with Crippen molar-refractivity contribution in [3.63, 3.8) is 0 Å². The van der Waals surface area contributed by atoms with Crippen molar-refractivity contribution in [1.29, 1.82) is 0 Å². The zero-order valence-corrected chi connectivity index (χ0v) is 18.1. The monoisotopic (exact) mass is 434 g/mol. The lowest BCUT2D eigenvalue weighted by Crippen LogP contribution is -2.49. The normalized spacial score (nSPS) is 19.0. The number of pyridine rings is 1. The number of carbonyl (C=O) groups excluding carboxylic acids is 2. The topological polar surface area (TPSA) is 109 Å². The van der Waals surface area contributed by atoms with Gasteiger partial charge in [-0.1, -0.05) is 19.1 Å². The summed E-state index contributed by atoms with van der Waals surface area (Å²) in [6.45, 7) is 3.86. The molecule has 32 heavy (non-hydrogen) atoms. The van der Waals surface area contributed by atoms with Crippen molar-refractivity contribution in [1.82, 2.24) is 19.4 Å². The van der Waals surface area contributed by atoms with Gasteiger partial charge >= 0.3 is 0 Å². The molecule has 1 aliphatic heterocycles. The van der Waals surface area contributed by atoms with E-state index in [2.05, 4.69) is 27.2 Å². The Labute approximate surface area is 185 Å². The Balaban J connectivity index is 1.54. The van der Waals surface area contributed by atoms with Gasteiger partial charge in [0.15, 0.2) is 0 Å². The van der Waals surface area contributed by atoms with Crippen LogP contribution in [0.3, 0.4) is 0 Å². The molecule has 166 valence electrons. The maximum absolute atomic E-state index is 13.6. The largest absolute Gasteiger partial charge is 0.336 e. The number of aromatic nitrogens is 3. The highest BCUT2D eigenvalue weighted by Gasteiger charge is 2.49. The average molecular weight is 435 g/mol. The first-order chi connectivity index (χ1) is 15.4. The number of anilines is 3. The third-order valence-corrected chi connectivity index (χ3v) is 6.78. The summed E-state index contributed by atoms with van der Waals surface area (Å²) in [6, 6.07) is 3.23. The molecule has 2 aliphatic carbocycles. The SMILES string of the molecule is C=Cc1cc(Nc2cc(NC(=O)C3CC3)ncn2)c(=O)n2c1C(=O)N(C)C21CCCCC1. The molecule has 0 radical (unpaired) electrons. The van der Waals surface area contributed by atoms with Crippen LogP contribution in [-0.4, -0.2) is 38.3 Å². The van der Waals surface area contributed by atoms with E-state index >= 15 is 0 Å². The molecule has 3 aliphatic rings. The summed E-state index contributed by atoms with van der Waals surface area (Å²) in [4.78, 5) is 48.8. The molecule has 3 heterocycles. The van der Waals surface area contributed by atoms with Crippen LogP contribution in [0.4, 0.5) is 17.3 Å². The zero-order chi connectivity index (χ0) is 22.5. The quantitative estimate of drug-likeness (QED) is 0.749. The molecular weight excluding hydrogens is 408 g/mol. The Morgan fingerprint density at radius 1 is 1.16 bits per heavy atom. The Bertz CT molecular complexity index is 1180. The maximum atomic E-state index is 13.6. The second kappa shape index (κ2) is 7.58. The van der Waals surface area contributed by atoms with Crippen LogP contribution in [0.15, 0.2) is 29.8 Å². The van der Waals surface area contributed by atoms with Crippen LogP contribution in [0.5, 0.6) is 0 Å². The molecule has 2 N–H and O–H groups in total. The summed E-state index contributed by atoms with van der Waals surface area (Å²) in [5.74, 6) is 0.607. The van der Waals surface area contributed by atoms with Gasteiger partial charge in [0, 0.05) is 24.6 Å². The number of hydrogen-bond acceptors (Lipinski definition) is 6. The second-order valence-electron chi connectivity index (χ2n) is 8.79. The summed E-state index contributed by atoms with van der Waals surface area (Å²) in [5, 5.41) is 5.86. The van der Waals surface area contributed by atoms with Crippen LogP contribution in [0.2, 0.25) is 0 Å². The second-order valence-corrected chi connectivity index (χ2v) is 8.79. The molecule has 2 saturated carbocycles. The number of nitrogens with one attached hydrogen (secondary N) is 2. The molecule has 0 aromatic carbocycles. The highest BCUT2D eigenvalue weighted by Crippen LogP contribution is 2.43. The molecule has 2 aromatic heterocycles. The van der Waals surface area contributed by atoms with E-state index in [9.17, 15) is 14.4 Å². The van der Waals surface area contributed by atoms with Gasteiger partial charge in [-0.15, -0.1) is 0 Å². The number of fused-ring (bicyclic) bond motifs is 2. The predicted molar refractivity (Wildman–Crippen MR) is 121 cm³/mol. The van der Waals surface area contributed by atoms with Gasteiger partial charge in [-0.05, 0) is 44.6 Å². The predicted octanol–water partition coefficient (Wildman–Crippen LogP) is 3.08. The van der Waals surface area contributed by atoms with Crippen molar-refractivity contribution >= 4 is 35.2 Å². The number of nitrogens with zero attached hydrogens (tertiary/aromatic N) is 4. The lowest BCUT2D eigenvalue weighted by Gasteiger charge is -2.40. The third-order valence-electron chi connectivity index (χ3n) is 6.78. The fraction of sp³-hybridized carbons (Fsp3) is 0.435. The number of rotatable bonds is 5. The molecule has 0 saturated heterocycles. The lowest BCUT2D eigenvalue weighted by molar-refractivity contribution is -0.117. The highest BCUT2D eigenvalue weighted by atomic mass is 16.2. The number of hydrogen-bond donors (Lipinski definition) is 2. The van der Waals surface area contributed by atoms with Crippen molar-refractivity contribution in [2.75, 3.05) is 17.7 Å². The molecule has 1 spiro atoms. The van der Waals surface area contributed by atoms with Crippen LogP contribution < -0.4 is 16.2 Å². The zero-order valence-electron chi connectivity index (χ0n) is 18.1. The Morgan fingerprint density at radius 2 is 1.88 bits per heavy atom. The van der Waals surface area contributed by atoms with Gasteiger partial charge in [-0.3, -0.25) is 19.0 Å². The molecule has 2 amide bonds. The Kier molecular flexibility index (Phi) is 4.83. The van der Waals surface area contributed by atoms with Crippen LogP contribution in [0.25, 0.3) is 6.08 Å². The van der Waals surface area contributed by atoms with Gasteiger partial charge in [0.05, 0.1) is 0 Å². The summed E-state index contributed by atoms with van der Waals surface area (Å²) in [7, 11) is 1.78. The average Bonchev–Trinajstić information content (AvgIpc) is 3.62. The molecule has 2 aromatic rings. The van der Waals surface area contributed by atoms with E-state index in [0.29, 0.717) is 28.6 Å². The Hall–Kier alpha value is -3.49. The highest BCUT2D eigenvalue weighted by molar-refractivity contribution is 5.99. The van der Waals surface area contributed by atoms with Gasteiger partial charge in [0.25, 0.3) is 11.5 Å². The summed E-state index contributed by atoms with van der Waals surface area (Å²) < 4.78 is 1.66. The van der Waals surface area contributed by atoms with E-state index < -0.39 is 5.66 Å². The van der Waals surface area contributed by atoms with Crippen LogP contribution in [0, 0.1) is 5.92 Å². The molecule has 0 bridgehead atoms. The third kappa shape index (κ3) is 3.19. The van der Waals surface area contributed by atoms with Gasteiger partial charge in [-0.25, -0.2) is 9.97 Å². The fourth-order valence-corrected chi connectivity index (χ4v) is 4.88. The first-order valence-electron chi connectivity index (χ1n) is 11.1. The number of amides is 2. The van der Waals surface area contributed by atoms with Gasteiger partial charge < -0.3 is 15.5 Å². The van der Waals surface area contributed by atoms with Gasteiger partial charge in [-0.2, -0.15) is 0 Å². The summed E-state index contributed by atoms with van der Waals surface area (Å²) in [5.41, 5.74) is 0.372. The van der Waals surface area contributed by atoms with E-state index in [4.69, 9.17) is 0 Å². The molecular formula is C23H26N6O3. The van der Waals surface area contributed by atoms with Crippen molar-refractivity contribution in [2.24, 2.45) is 5.92 Å². The molecule has 9 heteroatoms. The molecule has 2 fully saturated rings. The van der Waals surface area contributed by atoms with E-state index in [1.54, 1.807) is 34.7 Å². The van der Waals surface area contributed by atoms with E-state index in [1.165, 1.54) is 6.33 Å². The van der Waals surface area contributed by atoms with Gasteiger partial charge in [0.2, 0.25) is 5.91 Å². The van der Waals surface area contributed by atoms with Crippen molar-refractivity contribution in [3.05, 3.63) is 46.7 Å². The van der Waals surface area contributed by atoms with Crippen molar-refractivity contribution in [2.45, 2.75) is 50.6 Å². The fourth-order valence-electron chi connectivity index (χ4n) is 4.88. The van der Waals surface area contributed by atoms with E-state index in [1.807, 2.05) is 0 Å². The number of carbonyl (C=O) groups is 2. The lowest BCUT2D eigenvalue weighted by atomic mass is 9.88. The summed E-state index contributed by atoms with van der Waals surface area (Å²) >= 11 is 0. The first kappa shape index (κ1) is 20.4. The Morgan fingerprint density at radius 3 is 2.56 bits per heavy atom. The smallest absolute Gasteiger partial charge is 0.276 e. The molecule has 0 unspecified atom stereocenters.